The molecule has 0 amide bonds. The minimum atomic E-state index is 0.610. The number of aldehydes is 1. The molecule has 6 nitrogen and oxygen atoms in total. The first-order valence-corrected chi connectivity index (χ1v) is 10.1. The topological polar surface area (TPSA) is 66.2 Å². The number of carbonyl (C=O) groups excluding carboxylic acids is 1. The Morgan fingerprint density at radius 1 is 1.04 bits per heavy atom. The first kappa shape index (κ1) is 19.9. The van der Waals surface area contributed by atoms with Crippen molar-refractivity contribution in [3.05, 3.63) is 54.1 Å². The van der Waals surface area contributed by atoms with Crippen molar-refractivity contribution in [1.82, 2.24) is 14.8 Å². The van der Waals surface area contributed by atoms with Crippen LogP contribution in [0.1, 0.15) is 23.7 Å². The first-order valence-electron chi connectivity index (χ1n) is 9.13. The lowest BCUT2D eigenvalue weighted by molar-refractivity contribution is 0.112. The highest BCUT2D eigenvalue weighted by molar-refractivity contribution is 7.99. The Morgan fingerprint density at radius 2 is 1.75 bits per heavy atom. The van der Waals surface area contributed by atoms with Gasteiger partial charge in [0.1, 0.15) is 17.8 Å². The van der Waals surface area contributed by atoms with Crippen molar-refractivity contribution >= 4 is 18.0 Å². The van der Waals surface area contributed by atoms with Crippen LogP contribution in [0.4, 0.5) is 0 Å². The smallest absolute Gasteiger partial charge is 0.191 e. The van der Waals surface area contributed by atoms with Gasteiger partial charge in [0.25, 0.3) is 0 Å². The van der Waals surface area contributed by atoms with Gasteiger partial charge >= 0.3 is 0 Å². The third-order valence-corrected chi connectivity index (χ3v) is 5.24. The number of rotatable bonds is 10. The van der Waals surface area contributed by atoms with Gasteiger partial charge in [0.2, 0.25) is 0 Å². The highest BCUT2D eigenvalue weighted by atomic mass is 32.2. The Kier molecular flexibility index (Phi) is 7.08. The van der Waals surface area contributed by atoms with Gasteiger partial charge in [0.15, 0.2) is 11.0 Å². The van der Waals surface area contributed by atoms with Crippen LogP contribution in [-0.2, 0) is 6.54 Å². The van der Waals surface area contributed by atoms with Crippen molar-refractivity contribution in [2.24, 2.45) is 0 Å². The molecule has 0 aliphatic carbocycles. The van der Waals surface area contributed by atoms with Crippen LogP contribution in [0.3, 0.4) is 0 Å². The summed E-state index contributed by atoms with van der Waals surface area (Å²) >= 11 is 1.67. The Morgan fingerprint density at radius 3 is 2.39 bits per heavy atom. The minimum Gasteiger partial charge on any atom is -0.497 e. The van der Waals surface area contributed by atoms with E-state index in [4.69, 9.17) is 9.47 Å². The fourth-order valence-electron chi connectivity index (χ4n) is 2.69. The summed E-state index contributed by atoms with van der Waals surface area (Å²) in [5, 5.41) is 9.62. The predicted octanol–water partition coefficient (Wildman–Crippen LogP) is 4.35. The molecule has 0 bridgehead atoms. The molecule has 7 heteroatoms. The number of nitrogens with zero attached hydrogens (tertiary/aromatic N) is 3. The SMILES string of the molecule is CCn1c(SCCCOc2ccc(C=O)cc2)nnc1-c1ccc(OC)cc1. The maximum atomic E-state index is 10.7. The number of hydrogen-bond acceptors (Lipinski definition) is 6. The van der Waals surface area contributed by atoms with E-state index in [1.165, 1.54) is 0 Å². The van der Waals surface area contributed by atoms with Gasteiger partial charge in [-0.05, 0) is 61.9 Å². The van der Waals surface area contributed by atoms with Crippen LogP contribution in [0.15, 0.2) is 53.7 Å². The number of thioether (sulfide) groups is 1. The van der Waals surface area contributed by atoms with E-state index < -0.39 is 0 Å². The molecule has 28 heavy (non-hydrogen) atoms. The van der Waals surface area contributed by atoms with Crippen LogP contribution in [0.2, 0.25) is 0 Å². The molecule has 1 aromatic heterocycles. The number of benzene rings is 2. The molecule has 0 saturated heterocycles. The fraction of sp³-hybridized carbons (Fsp3) is 0.286. The molecular formula is C21H23N3O3S. The number of aromatic nitrogens is 3. The molecule has 0 aliphatic heterocycles. The maximum Gasteiger partial charge on any atom is 0.191 e. The molecule has 146 valence electrons. The Balaban J connectivity index is 1.52. The van der Waals surface area contributed by atoms with Gasteiger partial charge in [-0.1, -0.05) is 11.8 Å². The zero-order valence-electron chi connectivity index (χ0n) is 16.0. The van der Waals surface area contributed by atoms with Crippen LogP contribution in [-0.4, -0.2) is 40.5 Å². The normalized spacial score (nSPS) is 10.6. The van der Waals surface area contributed by atoms with E-state index in [9.17, 15) is 4.79 Å². The Labute approximate surface area is 168 Å². The van der Waals surface area contributed by atoms with E-state index in [1.54, 1.807) is 31.0 Å². The fourth-order valence-corrected chi connectivity index (χ4v) is 3.60. The zero-order chi connectivity index (χ0) is 19.8. The standard InChI is InChI=1S/C21H23N3O3S/c1-3-24-20(17-7-11-18(26-2)12-8-17)22-23-21(24)28-14-4-13-27-19-9-5-16(15-25)6-10-19/h5-12,15H,3-4,13-14H2,1-2H3. The van der Waals surface area contributed by atoms with Gasteiger partial charge in [0, 0.05) is 23.4 Å². The minimum absolute atomic E-state index is 0.610. The summed E-state index contributed by atoms with van der Waals surface area (Å²) in [5.41, 5.74) is 1.67. The lowest BCUT2D eigenvalue weighted by Gasteiger charge is -2.08. The van der Waals surface area contributed by atoms with Crippen molar-refractivity contribution in [2.75, 3.05) is 19.5 Å². The second-order valence-corrected chi connectivity index (χ2v) is 7.08. The summed E-state index contributed by atoms with van der Waals surface area (Å²) in [6, 6.07) is 15.0. The van der Waals surface area contributed by atoms with Crippen LogP contribution in [0, 0.1) is 0 Å². The molecule has 2 aromatic carbocycles. The quantitative estimate of drug-likeness (QED) is 0.288. The van der Waals surface area contributed by atoms with Crippen molar-refractivity contribution in [3.8, 4) is 22.9 Å². The van der Waals surface area contributed by atoms with Crippen LogP contribution in [0.25, 0.3) is 11.4 Å². The summed E-state index contributed by atoms with van der Waals surface area (Å²) in [5.74, 6) is 3.34. The largest absolute Gasteiger partial charge is 0.497 e. The summed E-state index contributed by atoms with van der Waals surface area (Å²) in [4.78, 5) is 10.7. The summed E-state index contributed by atoms with van der Waals surface area (Å²) in [7, 11) is 1.66. The molecule has 3 rings (SSSR count). The first-order chi connectivity index (χ1) is 13.7. The Bertz CT molecular complexity index is 892. The lowest BCUT2D eigenvalue weighted by Crippen LogP contribution is -2.02. The lowest BCUT2D eigenvalue weighted by atomic mass is 10.2. The van der Waals surface area contributed by atoms with Gasteiger partial charge in [-0.3, -0.25) is 4.79 Å². The van der Waals surface area contributed by atoms with Gasteiger partial charge in [0.05, 0.1) is 13.7 Å². The molecule has 0 saturated carbocycles. The molecule has 0 radical (unpaired) electrons. The summed E-state index contributed by atoms with van der Waals surface area (Å²) in [6.07, 6.45) is 1.71. The van der Waals surface area contributed by atoms with E-state index >= 15 is 0 Å². The van der Waals surface area contributed by atoms with E-state index in [0.717, 1.165) is 53.0 Å². The molecule has 0 N–H and O–H groups in total. The van der Waals surface area contributed by atoms with E-state index in [1.807, 2.05) is 36.4 Å². The second kappa shape index (κ2) is 9.94. The second-order valence-electron chi connectivity index (χ2n) is 6.02. The molecule has 0 fully saturated rings. The predicted molar refractivity (Wildman–Crippen MR) is 110 cm³/mol. The van der Waals surface area contributed by atoms with Gasteiger partial charge in [-0.2, -0.15) is 0 Å². The van der Waals surface area contributed by atoms with Crippen molar-refractivity contribution < 1.29 is 14.3 Å². The van der Waals surface area contributed by atoms with Crippen molar-refractivity contribution in [3.63, 3.8) is 0 Å². The third-order valence-electron chi connectivity index (χ3n) is 4.19. The van der Waals surface area contributed by atoms with E-state index in [-0.39, 0.29) is 0 Å². The van der Waals surface area contributed by atoms with E-state index in [2.05, 4.69) is 21.7 Å². The van der Waals surface area contributed by atoms with Crippen LogP contribution >= 0.6 is 11.8 Å². The number of ether oxygens (including phenoxy) is 2. The summed E-state index contributed by atoms with van der Waals surface area (Å²) < 4.78 is 13.0. The zero-order valence-corrected chi connectivity index (χ0v) is 16.8. The highest BCUT2D eigenvalue weighted by Gasteiger charge is 2.13. The average molecular weight is 398 g/mol. The van der Waals surface area contributed by atoms with Crippen molar-refractivity contribution in [1.29, 1.82) is 0 Å². The molecular weight excluding hydrogens is 374 g/mol. The molecule has 0 aliphatic rings. The Hall–Kier alpha value is -2.80. The van der Waals surface area contributed by atoms with Crippen LogP contribution < -0.4 is 9.47 Å². The van der Waals surface area contributed by atoms with Crippen molar-refractivity contribution in [2.45, 2.75) is 25.0 Å². The molecule has 1 heterocycles. The number of carbonyl (C=O) groups is 1. The van der Waals surface area contributed by atoms with Gasteiger partial charge < -0.3 is 14.0 Å². The molecule has 0 unspecified atom stereocenters. The van der Waals surface area contributed by atoms with Gasteiger partial charge in [-0.25, -0.2) is 0 Å². The molecule has 0 atom stereocenters. The summed E-state index contributed by atoms with van der Waals surface area (Å²) in [6.45, 7) is 3.50. The molecule has 0 spiro atoms. The number of hydrogen-bond donors (Lipinski definition) is 0. The van der Waals surface area contributed by atoms with Crippen LogP contribution in [0.5, 0.6) is 11.5 Å². The van der Waals surface area contributed by atoms with E-state index in [0.29, 0.717) is 12.2 Å². The molecule has 3 aromatic rings. The third kappa shape index (κ3) is 4.92. The highest BCUT2D eigenvalue weighted by Crippen LogP contribution is 2.26. The van der Waals surface area contributed by atoms with Gasteiger partial charge in [-0.15, -0.1) is 10.2 Å². The average Bonchev–Trinajstić information content (AvgIpc) is 3.16. The maximum absolute atomic E-state index is 10.7. The monoisotopic (exact) mass is 397 g/mol. The number of methoxy groups -OCH3 is 1.